The Kier molecular flexibility index (Phi) is 6.37. The number of carbonyl (C=O) groups is 1. The molecule has 2 rings (SSSR count). The molecule has 0 bridgehead atoms. The number of rotatable bonds is 6. The fourth-order valence-corrected chi connectivity index (χ4v) is 4.06. The van der Waals surface area contributed by atoms with Crippen molar-refractivity contribution in [3.05, 3.63) is 29.8 Å². The smallest absolute Gasteiger partial charge is 0.275 e. The third-order valence-electron chi connectivity index (χ3n) is 4.48. The molecule has 1 aliphatic rings. The van der Waals surface area contributed by atoms with E-state index < -0.39 is 10.0 Å². The van der Waals surface area contributed by atoms with Crippen LogP contribution in [-0.2, 0) is 21.2 Å². The zero-order chi connectivity index (χ0) is 17.7. The van der Waals surface area contributed by atoms with Crippen molar-refractivity contribution in [2.45, 2.75) is 31.6 Å². The Morgan fingerprint density at radius 2 is 1.79 bits per heavy atom. The van der Waals surface area contributed by atoms with E-state index in [1.54, 1.807) is 12.1 Å². The van der Waals surface area contributed by atoms with Crippen LogP contribution < -0.4 is 15.4 Å². The Labute approximate surface area is 144 Å². The number of hydrogen-bond acceptors (Lipinski definition) is 3. The number of quaternary nitrogens is 1. The van der Waals surface area contributed by atoms with Crippen molar-refractivity contribution < 1.29 is 18.1 Å². The van der Waals surface area contributed by atoms with Crippen molar-refractivity contribution in [2.24, 2.45) is 17.0 Å². The number of primary sulfonamides is 1. The van der Waals surface area contributed by atoms with Crippen LogP contribution in [0.2, 0.25) is 0 Å². The van der Waals surface area contributed by atoms with Crippen LogP contribution in [0.15, 0.2) is 29.2 Å². The lowest BCUT2D eigenvalue weighted by Gasteiger charge is -2.31. The zero-order valence-corrected chi connectivity index (χ0v) is 15.2. The van der Waals surface area contributed by atoms with Crippen molar-refractivity contribution in [3.63, 3.8) is 0 Å². The summed E-state index contributed by atoms with van der Waals surface area (Å²) >= 11 is 0. The van der Waals surface area contributed by atoms with Gasteiger partial charge < -0.3 is 10.2 Å². The summed E-state index contributed by atoms with van der Waals surface area (Å²) < 4.78 is 22.4. The fourth-order valence-electron chi connectivity index (χ4n) is 3.55. The van der Waals surface area contributed by atoms with Gasteiger partial charge in [-0.2, -0.15) is 0 Å². The van der Waals surface area contributed by atoms with Gasteiger partial charge in [-0.05, 0) is 30.5 Å². The second-order valence-corrected chi connectivity index (χ2v) is 8.63. The molecule has 0 aliphatic carbocycles. The number of amides is 1. The summed E-state index contributed by atoms with van der Waals surface area (Å²) in [6.07, 6.45) is 1.92. The highest BCUT2D eigenvalue weighted by molar-refractivity contribution is 7.89. The predicted octanol–water partition coefficient (Wildman–Crippen LogP) is -0.446. The van der Waals surface area contributed by atoms with E-state index in [9.17, 15) is 13.2 Å². The summed E-state index contributed by atoms with van der Waals surface area (Å²) in [5.41, 5.74) is 0.968. The van der Waals surface area contributed by atoms with E-state index in [-0.39, 0.29) is 10.8 Å². The minimum absolute atomic E-state index is 0.0763. The van der Waals surface area contributed by atoms with Crippen molar-refractivity contribution in [1.29, 1.82) is 0 Å². The molecule has 0 radical (unpaired) electrons. The number of nitrogens with two attached hydrogens (primary N) is 1. The molecule has 1 fully saturated rings. The van der Waals surface area contributed by atoms with Crippen molar-refractivity contribution >= 4 is 15.9 Å². The maximum atomic E-state index is 12.1. The van der Waals surface area contributed by atoms with Crippen molar-refractivity contribution in [3.8, 4) is 0 Å². The molecule has 134 valence electrons. The summed E-state index contributed by atoms with van der Waals surface area (Å²) in [5.74, 6) is 1.43. The number of piperidine rings is 1. The molecular weight excluding hydrogens is 326 g/mol. The average molecular weight is 354 g/mol. The van der Waals surface area contributed by atoms with E-state index in [0.717, 1.165) is 18.7 Å². The van der Waals surface area contributed by atoms with Gasteiger partial charge in [0.15, 0.2) is 6.54 Å². The van der Waals surface area contributed by atoms with Crippen LogP contribution in [0.4, 0.5) is 0 Å². The molecule has 1 aromatic rings. The maximum Gasteiger partial charge on any atom is 0.275 e. The number of sulfonamides is 1. The lowest BCUT2D eigenvalue weighted by atomic mass is 9.92. The van der Waals surface area contributed by atoms with E-state index in [0.29, 0.717) is 31.3 Å². The van der Waals surface area contributed by atoms with E-state index >= 15 is 0 Å². The predicted molar refractivity (Wildman–Crippen MR) is 93.0 cm³/mol. The van der Waals surface area contributed by atoms with E-state index in [1.807, 2.05) is 0 Å². The lowest BCUT2D eigenvalue weighted by Crippen LogP contribution is -3.15. The SMILES string of the molecule is C[C@@H]1C[C@H](C)C[NH+](CC(=O)NCCc2ccc(S(N)(=O)=O)cc2)C1. The molecule has 4 N–H and O–H groups in total. The molecule has 0 saturated carbocycles. The first-order chi connectivity index (χ1) is 11.2. The van der Waals surface area contributed by atoms with Gasteiger partial charge in [-0.3, -0.25) is 4.79 Å². The quantitative estimate of drug-likeness (QED) is 0.646. The summed E-state index contributed by atoms with van der Waals surface area (Å²) in [4.78, 5) is 13.5. The Hall–Kier alpha value is -1.44. The van der Waals surface area contributed by atoms with Gasteiger partial charge in [0.2, 0.25) is 10.0 Å². The number of carbonyl (C=O) groups excluding carboxylic acids is 1. The molecular formula is C17H28N3O3S+. The highest BCUT2D eigenvalue weighted by Crippen LogP contribution is 2.11. The van der Waals surface area contributed by atoms with Crippen LogP contribution >= 0.6 is 0 Å². The van der Waals surface area contributed by atoms with Crippen LogP contribution in [0.5, 0.6) is 0 Å². The summed E-state index contributed by atoms with van der Waals surface area (Å²) in [7, 11) is -3.65. The average Bonchev–Trinajstić information content (AvgIpc) is 2.45. The minimum Gasteiger partial charge on any atom is -0.351 e. The van der Waals surface area contributed by atoms with Crippen LogP contribution in [0.3, 0.4) is 0 Å². The van der Waals surface area contributed by atoms with Crippen LogP contribution in [0, 0.1) is 11.8 Å². The highest BCUT2D eigenvalue weighted by atomic mass is 32.2. The summed E-state index contributed by atoms with van der Waals surface area (Å²) in [6, 6.07) is 6.44. The lowest BCUT2D eigenvalue weighted by molar-refractivity contribution is -0.904. The molecule has 1 amide bonds. The Balaban J connectivity index is 1.74. The van der Waals surface area contributed by atoms with Gasteiger partial charge in [0.25, 0.3) is 5.91 Å². The Morgan fingerprint density at radius 1 is 1.21 bits per heavy atom. The molecule has 1 unspecified atom stereocenters. The molecule has 1 aliphatic heterocycles. The Morgan fingerprint density at radius 3 is 2.33 bits per heavy atom. The fraction of sp³-hybridized carbons (Fsp3) is 0.588. The highest BCUT2D eigenvalue weighted by Gasteiger charge is 2.26. The van der Waals surface area contributed by atoms with Crippen LogP contribution in [0.25, 0.3) is 0 Å². The molecule has 1 aromatic carbocycles. The van der Waals surface area contributed by atoms with Gasteiger partial charge in [0, 0.05) is 18.4 Å². The maximum absolute atomic E-state index is 12.1. The molecule has 1 saturated heterocycles. The number of likely N-dealkylation sites (tertiary alicyclic amines) is 1. The van der Waals surface area contributed by atoms with E-state index in [1.165, 1.54) is 23.5 Å². The van der Waals surface area contributed by atoms with Gasteiger partial charge in [-0.25, -0.2) is 13.6 Å². The minimum atomic E-state index is -3.65. The largest absolute Gasteiger partial charge is 0.351 e. The second-order valence-electron chi connectivity index (χ2n) is 7.07. The number of hydrogen-bond donors (Lipinski definition) is 3. The molecule has 1 heterocycles. The monoisotopic (exact) mass is 354 g/mol. The number of nitrogens with one attached hydrogen (secondary N) is 2. The topological polar surface area (TPSA) is 93.7 Å². The summed E-state index contributed by atoms with van der Waals surface area (Å²) in [5, 5.41) is 8.02. The van der Waals surface area contributed by atoms with Crippen LogP contribution in [0.1, 0.15) is 25.8 Å². The molecule has 24 heavy (non-hydrogen) atoms. The zero-order valence-electron chi connectivity index (χ0n) is 14.4. The van der Waals surface area contributed by atoms with E-state index in [2.05, 4.69) is 19.2 Å². The van der Waals surface area contributed by atoms with Gasteiger partial charge in [-0.15, -0.1) is 0 Å². The standard InChI is InChI=1S/C17H27N3O3S/c1-13-9-14(2)11-20(10-13)12-17(21)19-8-7-15-3-5-16(6-4-15)24(18,22)23/h3-6,13-14H,7-12H2,1-2H3,(H,19,21)(H2,18,22,23)/p+1/t13-,14+. The van der Waals surface area contributed by atoms with Gasteiger partial charge >= 0.3 is 0 Å². The molecule has 6 nitrogen and oxygen atoms in total. The van der Waals surface area contributed by atoms with Gasteiger partial charge in [0.1, 0.15) is 0 Å². The van der Waals surface area contributed by atoms with Crippen molar-refractivity contribution in [1.82, 2.24) is 5.32 Å². The van der Waals surface area contributed by atoms with Crippen molar-refractivity contribution in [2.75, 3.05) is 26.2 Å². The first-order valence-corrected chi connectivity index (χ1v) is 10.0. The third kappa shape index (κ3) is 5.89. The summed E-state index contributed by atoms with van der Waals surface area (Å²) in [6.45, 7) is 7.70. The van der Waals surface area contributed by atoms with Gasteiger partial charge in [0.05, 0.1) is 18.0 Å². The Bertz CT molecular complexity index is 648. The molecule has 3 atom stereocenters. The van der Waals surface area contributed by atoms with Crippen LogP contribution in [-0.4, -0.2) is 40.5 Å². The first kappa shape index (κ1) is 18.9. The second kappa shape index (κ2) is 8.09. The molecule has 0 spiro atoms. The normalized spacial score (nSPS) is 24.5. The molecule has 0 aromatic heterocycles. The van der Waals surface area contributed by atoms with Gasteiger partial charge in [-0.1, -0.05) is 26.0 Å². The number of benzene rings is 1. The first-order valence-electron chi connectivity index (χ1n) is 8.46. The van der Waals surface area contributed by atoms with E-state index in [4.69, 9.17) is 5.14 Å². The third-order valence-corrected chi connectivity index (χ3v) is 5.41. The molecule has 7 heteroatoms.